The van der Waals surface area contributed by atoms with Crippen molar-refractivity contribution in [2.75, 3.05) is 0 Å². The Balaban J connectivity index is 2.44. The molecular weight excluding hydrogens is 244 g/mol. The fourth-order valence-electron chi connectivity index (χ4n) is 1.57. The molecule has 0 saturated heterocycles. The Bertz CT molecular complexity index is 308. The molecule has 17 heavy (non-hydrogen) atoms. The van der Waals surface area contributed by atoms with Gasteiger partial charge in [0.1, 0.15) is 0 Å². The molecule has 1 atom stereocenters. The van der Waals surface area contributed by atoms with E-state index in [0.717, 1.165) is 12.2 Å². The van der Waals surface area contributed by atoms with Crippen LogP contribution in [0, 0.1) is 0 Å². The van der Waals surface area contributed by atoms with Crippen molar-refractivity contribution in [2.24, 2.45) is 0 Å². The van der Waals surface area contributed by atoms with Crippen molar-refractivity contribution >= 4 is 20.1 Å². The van der Waals surface area contributed by atoms with Gasteiger partial charge in [0, 0.05) is 5.75 Å². The molecule has 1 aromatic carbocycles. The summed E-state index contributed by atoms with van der Waals surface area (Å²) in [4.78, 5) is 0. The molecule has 0 aliphatic carbocycles. The molecule has 0 aliphatic heterocycles. The van der Waals surface area contributed by atoms with Crippen molar-refractivity contribution in [3.8, 4) is 0 Å². The lowest BCUT2D eigenvalue weighted by molar-refractivity contribution is 0.269. The third kappa shape index (κ3) is 6.91. The van der Waals surface area contributed by atoms with E-state index < -0.39 is 8.32 Å². The van der Waals surface area contributed by atoms with E-state index >= 15 is 0 Å². The second kappa shape index (κ2) is 7.24. The van der Waals surface area contributed by atoms with Crippen LogP contribution in [0.2, 0.25) is 19.6 Å². The minimum Gasteiger partial charge on any atom is -0.406 e. The number of rotatable bonds is 7. The third-order valence-electron chi connectivity index (χ3n) is 2.29. The van der Waals surface area contributed by atoms with E-state index in [2.05, 4.69) is 56.9 Å². The molecule has 1 unspecified atom stereocenters. The molecule has 0 fully saturated rings. The van der Waals surface area contributed by atoms with Crippen LogP contribution in [0.3, 0.4) is 0 Å². The summed E-state index contributed by atoms with van der Waals surface area (Å²) in [5.41, 5.74) is 1.75. The Hall–Kier alpha value is -0.253. The third-order valence-corrected chi connectivity index (χ3v) is 4.65. The van der Waals surface area contributed by atoms with E-state index in [1.165, 1.54) is 12.0 Å². The Labute approximate surface area is 111 Å². The quantitative estimate of drug-likeness (QED) is 0.514. The first-order chi connectivity index (χ1) is 8.01. The molecule has 1 aromatic rings. The lowest BCUT2D eigenvalue weighted by atomic mass is 10.2. The minimum absolute atomic E-state index is 0.367. The molecule has 96 valence electrons. The SMILES string of the molecule is CCCC(O[Si](C)(C)C)SCc1ccccc1. The molecule has 1 nitrogen and oxygen atoms in total. The number of thioether (sulfide) groups is 1. The summed E-state index contributed by atoms with van der Waals surface area (Å²) in [7, 11) is -1.42. The van der Waals surface area contributed by atoms with E-state index in [0.29, 0.717) is 5.44 Å². The standard InChI is InChI=1S/C14H24OSSi/c1-5-9-14(15-17(2,3)4)16-12-13-10-7-6-8-11-13/h6-8,10-11,14H,5,9,12H2,1-4H3. The number of benzene rings is 1. The highest BCUT2D eigenvalue weighted by Crippen LogP contribution is 2.25. The van der Waals surface area contributed by atoms with E-state index in [1.54, 1.807) is 0 Å². The van der Waals surface area contributed by atoms with E-state index in [-0.39, 0.29) is 0 Å². The summed E-state index contributed by atoms with van der Waals surface area (Å²) < 4.78 is 6.20. The molecule has 0 spiro atoms. The van der Waals surface area contributed by atoms with E-state index in [4.69, 9.17) is 4.43 Å². The van der Waals surface area contributed by atoms with Crippen LogP contribution in [0.1, 0.15) is 25.3 Å². The van der Waals surface area contributed by atoms with Crippen LogP contribution < -0.4 is 0 Å². The van der Waals surface area contributed by atoms with Crippen LogP contribution in [0.25, 0.3) is 0 Å². The van der Waals surface area contributed by atoms with Gasteiger partial charge in [-0.1, -0.05) is 43.7 Å². The molecule has 0 aliphatic rings. The molecule has 1 rings (SSSR count). The highest BCUT2D eigenvalue weighted by molar-refractivity contribution is 7.99. The summed E-state index contributed by atoms with van der Waals surface area (Å²) in [6.45, 7) is 9.01. The maximum absolute atomic E-state index is 6.20. The fraction of sp³-hybridized carbons (Fsp3) is 0.571. The molecule has 0 bridgehead atoms. The first-order valence-corrected chi connectivity index (χ1v) is 10.8. The summed E-state index contributed by atoms with van der Waals surface area (Å²) in [5.74, 6) is 1.05. The average Bonchev–Trinajstić information content (AvgIpc) is 2.26. The van der Waals surface area contributed by atoms with Gasteiger partial charge >= 0.3 is 0 Å². The first-order valence-electron chi connectivity index (χ1n) is 6.34. The molecule has 0 heterocycles. The van der Waals surface area contributed by atoms with Crippen LogP contribution in [0.15, 0.2) is 30.3 Å². The normalized spacial score (nSPS) is 13.6. The molecule has 0 N–H and O–H groups in total. The summed E-state index contributed by atoms with van der Waals surface area (Å²) in [5, 5.41) is 0. The van der Waals surface area contributed by atoms with Crippen molar-refractivity contribution in [1.29, 1.82) is 0 Å². The maximum Gasteiger partial charge on any atom is 0.185 e. The first kappa shape index (κ1) is 14.8. The van der Waals surface area contributed by atoms with Crippen molar-refractivity contribution in [1.82, 2.24) is 0 Å². The molecule has 0 radical (unpaired) electrons. The number of hydrogen-bond acceptors (Lipinski definition) is 2. The molecular formula is C14H24OSSi. The van der Waals surface area contributed by atoms with Crippen LogP contribution in [0.4, 0.5) is 0 Å². The highest BCUT2D eigenvalue weighted by atomic mass is 32.2. The Kier molecular flexibility index (Phi) is 6.31. The van der Waals surface area contributed by atoms with Crippen LogP contribution in [-0.4, -0.2) is 13.8 Å². The molecule has 0 saturated carbocycles. The van der Waals surface area contributed by atoms with Crippen LogP contribution in [-0.2, 0) is 10.2 Å². The monoisotopic (exact) mass is 268 g/mol. The van der Waals surface area contributed by atoms with Gasteiger partial charge in [-0.15, -0.1) is 11.8 Å². The van der Waals surface area contributed by atoms with Crippen LogP contribution in [0.5, 0.6) is 0 Å². The van der Waals surface area contributed by atoms with Gasteiger partial charge in [0.2, 0.25) is 0 Å². The molecule has 0 amide bonds. The van der Waals surface area contributed by atoms with Gasteiger partial charge in [-0.2, -0.15) is 0 Å². The van der Waals surface area contributed by atoms with Gasteiger partial charge in [0.05, 0.1) is 5.44 Å². The topological polar surface area (TPSA) is 9.23 Å². The Morgan fingerprint density at radius 2 is 1.82 bits per heavy atom. The second-order valence-corrected chi connectivity index (χ2v) is 10.9. The van der Waals surface area contributed by atoms with Gasteiger partial charge in [0.15, 0.2) is 8.32 Å². The van der Waals surface area contributed by atoms with E-state index in [9.17, 15) is 0 Å². The van der Waals surface area contributed by atoms with Crippen molar-refractivity contribution in [3.63, 3.8) is 0 Å². The van der Waals surface area contributed by atoms with Crippen LogP contribution >= 0.6 is 11.8 Å². The summed E-state index contributed by atoms with van der Waals surface area (Å²) in [6, 6.07) is 10.6. The minimum atomic E-state index is -1.42. The van der Waals surface area contributed by atoms with E-state index in [1.807, 2.05) is 11.8 Å². The van der Waals surface area contributed by atoms with Gasteiger partial charge in [-0.25, -0.2) is 0 Å². The highest BCUT2D eigenvalue weighted by Gasteiger charge is 2.20. The zero-order valence-corrected chi connectivity index (χ0v) is 13.2. The van der Waals surface area contributed by atoms with Gasteiger partial charge in [-0.05, 0) is 31.6 Å². The lowest BCUT2D eigenvalue weighted by Gasteiger charge is -2.25. The van der Waals surface area contributed by atoms with Crippen molar-refractivity contribution in [3.05, 3.63) is 35.9 Å². The van der Waals surface area contributed by atoms with Gasteiger partial charge in [-0.3, -0.25) is 0 Å². The Morgan fingerprint density at radius 1 is 1.18 bits per heavy atom. The zero-order valence-electron chi connectivity index (χ0n) is 11.4. The number of hydrogen-bond donors (Lipinski definition) is 0. The average molecular weight is 268 g/mol. The largest absolute Gasteiger partial charge is 0.406 e. The fourth-order valence-corrected chi connectivity index (χ4v) is 4.59. The molecule has 3 heteroatoms. The maximum atomic E-state index is 6.20. The molecule has 0 aromatic heterocycles. The predicted molar refractivity (Wildman–Crippen MR) is 80.9 cm³/mol. The van der Waals surface area contributed by atoms with Gasteiger partial charge in [0.25, 0.3) is 0 Å². The smallest absolute Gasteiger partial charge is 0.185 e. The summed E-state index contributed by atoms with van der Waals surface area (Å²) in [6.07, 6.45) is 2.35. The van der Waals surface area contributed by atoms with Crippen molar-refractivity contribution < 1.29 is 4.43 Å². The Morgan fingerprint density at radius 3 is 2.35 bits per heavy atom. The zero-order chi connectivity index (χ0) is 12.7. The second-order valence-electron chi connectivity index (χ2n) is 5.25. The predicted octanol–water partition coefficient (Wildman–Crippen LogP) is 4.90. The lowest BCUT2D eigenvalue weighted by Crippen LogP contribution is -2.30. The summed E-state index contributed by atoms with van der Waals surface area (Å²) >= 11 is 1.94. The van der Waals surface area contributed by atoms with Gasteiger partial charge < -0.3 is 4.43 Å². The van der Waals surface area contributed by atoms with Crippen molar-refractivity contribution in [2.45, 2.75) is 50.6 Å².